The van der Waals surface area contributed by atoms with Gasteiger partial charge in [0.2, 0.25) is 0 Å². The molecule has 4 rings (SSSR count). The standard InChI is InChI=1S/C17H31NO/c1-3-4-12(2)19-11-16(18)17-8-13-5-14(9-17)7-15(6-13)10-17/h12-16H,3-11,18H2,1-2H3. The van der Waals surface area contributed by atoms with Gasteiger partial charge in [-0.1, -0.05) is 13.3 Å². The maximum Gasteiger partial charge on any atom is 0.0626 e. The zero-order valence-corrected chi connectivity index (χ0v) is 12.7. The predicted octanol–water partition coefficient (Wildman–Crippen LogP) is 3.74. The van der Waals surface area contributed by atoms with Crippen molar-refractivity contribution in [1.29, 1.82) is 0 Å². The monoisotopic (exact) mass is 265 g/mol. The fourth-order valence-electron chi connectivity index (χ4n) is 5.57. The molecule has 0 spiro atoms. The van der Waals surface area contributed by atoms with Gasteiger partial charge in [0, 0.05) is 6.04 Å². The van der Waals surface area contributed by atoms with E-state index >= 15 is 0 Å². The van der Waals surface area contributed by atoms with E-state index in [1.807, 2.05) is 0 Å². The van der Waals surface area contributed by atoms with Gasteiger partial charge in [-0.15, -0.1) is 0 Å². The molecule has 0 heterocycles. The van der Waals surface area contributed by atoms with Gasteiger partial charge in [-0.05, 0) is 75.0 Å². The minimum Gasteiger partial charge on any atom is -0.377 e. The quantitative estimate of drug-likeness (QED) is 0.794. The van der Waals surface area contributed by atoms with Crippen LogP contribution in [0.1, 0.15) is 65.2 Å². The molecule has 2 atom stereocenters. The normalized spacial score (nSPS) is 43.4. The molecule has 0 aromatic carbocycles. The molecular formula is C17H31NO. The van der Waals surface area contributed by atoms with E-state index in [-0.39, 0.29) is 6.04 Å². The number of ether oxygens (including phenoxy) is 1. The summed E-state index contributed by atoms with van der Waals surface area (Å²) in [5.41, 5.74) is 7.04. The minimum absolute atomic E-state index is 0.278. The van der Waals surface area contributed by atoms with Crippen LogP contribution in [0, 0.1) is 23.2 Å². The summed E-state index contributed by atoms with van der Waals surface area (Å²) in [4.78, 5) is 0. The Morgan fingerprint density at radius 1 is 1.11 bits per heavy atom. The van der Waals surface area contributed by atoms with Crippen LogP contribution in [0.3, 0.4) is 0 Å². The van der Waals surface area contributed by atoms with Gasteiger partial charge in [-0.25, -0.2) is 0 Å². The minimum atomic E-state index is 0.278. The number of hydrogen-bond acceptors (Lipinski definition) is 2. The third kappa shape index (κ3) is 2.71. The van der Waals surface area contributed by atoms with Crippen molar-refractivity contribution < 1.29 is 4.74 Å². The predicted molar refractivity (Wildman–Crippen MR) is 78.9 cm³/mol. The van der Waals surface area contributed by atoms with E-state index in [0.29, 0.717) is 11.5 Å². The van der Waals surface area contributed by atoms with Crippen LogP contribution in [-0.2, 0) is 4.74 Å². The van der Waals surface area contributed by atoms with Gasteiger partial charge in [-0.2, -0.15) is 0 Å². The summed E-state index contributed by atoms with van der Waals surface area (Å²) >= 11 is 0. The Morgan fingerprint density at radius 2 is 1.63 bits per heavy atom. The van der Waals surface area contributed by atoms with Crippen molar-refractivity contribution in [2.45, 2.75) is 77.4 Å². The molecule has 0 amide bonds. The van der Waals surface area contributed by atoms with E-state index in [1.54, 1.807) is 0 Å². The SMILES string of the molecule is CCCC(C)OCC(N)C12CC3CC(CC(C3)C1)C2. The lowest BCUT2D eigenvalue weighted by atomic mass is 9.48. The molecule has 2 N–H and O–H groups in total. The molecule has 2 heteroatoms. The summed E-state index contributed by atoms with van der Waals surface area (Å²) in [6, 6.07) is 0.278. The Kier molecular flexibility index (Phi) is 3.92. The van der Waals surface area contributed by atoms with Crippen LogP contribution in [-0.4, -0.2) is 18.8 Å². The van der Waals surface area contributed by atoms with Crippen molar-refractivity contribution in [2.75, 3.05) is 6.61 Å². The topological polar surface area (TPSA) is 35.2 Å². The smallest absolute Gasteiger partial charge is 0.0626 e. The molecule has 4 bridgehead atoms. The van der Waals surface area contributed by atoms with Crippen molar-refractivity contribution in [3.8, 4) is 0 Å². The van der Waals surface area contributed by atoms with Gasteiger partial charge in [-0.3, -0.25) is 0 Å². The Balaban J connectivity index is 1.58. The first-order chi connectivity index (χ1) is 9.11. The van der Waals surface area contributed by atoms with Gasteiger partial charge in [0.05, 0.1) is 12.7 Å². The molecule has 4 aliphatic rings. The summed E-state index contributed by atoms with van der Waals surface area (Å²) in [5, 5.41) is 0. The van der Waals surface area contributed by atoms with Crippen LogP contribution in [0.15, 0.2) is 0 Å². The van der Waals surface area contributed by atoms with E-state index in [4.69, 9.17) is 10.5 Å². The zero-order chi connectivity index (χ0) is 13.5. The van der Waals surface area contributed by atoms with Gasteiger partial charge in [0.25, 0.3) is 0 Å². The second kappa shape index (κ2) is 5.37. The summed E-state index contributed by atoms with van der Waals surface area (Å²) in [5.74, 6) is 2.97. The van der Waals surface area contributed by atoms with Crippen LogP contribution in [0.5, 0.6) is 0 Å². The number of nitrogens with two attached hydrogens (primary N) is 1. The number of hydrogen-bond donors (Lipinski definition) is 1. The molecule has 0 saturated heterocycles. The van der Waals surface area contributed by atoms with Crippen molar-refractivity contribution in [1.82, 2.24) is 0 Å². The van der Waals surface area contributed by atoms with Crippen molar-refractivity contribution in [2.24, 2.45) is 28.9 Å². The lowest BCUT2D eigenvalue weighted by Gasteiger charge is -2.58. The van der Waals surface area contributed by atoms with Gasteiger partial charge in [0.1, 0.15) is 0 Å². The summed E-state index contributed by atoms with van der Waals surface area (Å²) in [6.45, 7) is 5.20. The second-order valence-corrected chi connectivity index (χ2v) is 7.82. The highest BCUT2D eigenvalue weighted by atomic mass is 16.5. The highest BCUT2D eigenvalue weighted by molar-refractivity contribution is 5.05. The molecule has 0 radical (unpaired) electrons. The van der Waals surface area contributed by atoms with Crippen LogP contribution in [0.4, 0.5) is 0 Å². The summed E-state index contributed by atoms with van der Waals surface area (Å²) in [7, 11) is 0. The summed E-state index contributed by atoms with van der Waals surface area (Å²) in [6.07, 6.45) is 11.4. The molecule has 4 saturated carbocycles. The lowest BCUT2D eigenvalue weighted by Crippen LogP contribution is -2.56. The zero-order valence-electron chi connectivity index (χ0n) is 12.7. The molecular weight excluding hydrogens is 234 g/mol. The average Bonchev–Trinajstić information content (AvgIpc) is 2.34. The number of rotatable bonds is 6. The molecule has 0 aromatic heterocycles. The largest absolute Gasteiger partial charge is 0.377 e. The van der Waals surface area contributed by atoms with Crippen molar-refractivity contribution in [3.05, 3.63) is 0 Å². The molecule has 0 aromatic rings. The van der Waals surface area contributed by atoms with Crippen LogP contribution in [0.2, 0.25) is 0 Å². The molecule has 4 fully saturated rings. The van der Waals surface area contributed by atoms with Gasteiger partial charge >= 0.3 is 0 Å². The van der Waals surface area contributed by atoms with Gasteiger partial charge < -0.3 is 10.5 Å². The summed E-state index contributed by atoms with van der Waals surface area (Å²) < 4.78 is 6.01. The van der Waals surface area contributed by atoms with Gasteiger partial charge in [0.15, 0.2) is 0 Å². The highest BCUT2D eigenvalue weighted by Gasteiger charge is 2.53. The average molecular weight is 265 g/mol. The maximum absolute atomic E-state index is 6.59. The Hall–Kier alpha value is -0.0800. The Labute approximate surface area is 118 Å². The fourth-order valence-corrected chi connectivity index (χ4v) is 5.57. The first kappa shape index (κ1) is 13.9. The molecule has 2 nitrogen and oxygen atoms in total. The van der Waals surface area contributed by atoms with E-state index in [0.717, 1.165) is 30.8 Å². The van der Waals surface area contributed by atoms with Crippen LogP contribution < -0.4 is 5.73 Å². The van der Waals surface area contributed by atoms with E-state index in [9.17, 15) is 0 Å². The molecule has 2 unspecified atom stereocenters. The maximum atomic E-state index is 6.59. The third-order valence-corrected chi connectivity index (χ3v) is 6.13. The second-order valence-electron chi connectivity index (χ2n) is 7.82. The first-order valence-electron chi connectivity index (χ1n) is 8.48. The highest BCUT2D eigenvalue weighted by Crippen LogP contribution is 2.60. The molecule has 4 aliphatic carbocycles. The van der Waals surface area contributed by atoms with Crippen LogP contribution >= 0.6 is 0 Å². The Bertz CT molecular complexity index is 279. The van der Waals surface area contributed by atoms with E-state index in [1.165, 1.54) is 44.9 Å². The molecule has 19 heavy (non-hydrogen) atoms. The van der Waals surface area contributed by atoms with E-state index < -0.39 is 0 Å². The fraction of sp³-hybridized carbons (Fsp3) is 1.00. The Morgan fingerprint density at radius 3 is 2.11 bits per heavy atom. The van der Waals surface area contributed by atoms with Crippen molar-refractivity contribution in [3.63, 3.8) is 0 Å². The van der Waals surface area contributed by atoms with Crippen LogP contribution in [0.25, 0.3) is 0 Å². The molecule has 110 valence electrons. The molecule has 0 aliphatic heterocycles. The first-order valence-corrected chi connectivity index (χ1v) is 8.48. The third-order valence-electron chi connectivity index (χ3n) is 6.13. The van der Waals surface area contributed by atoms with E-state index in [2.05, 4.69) is 13.8 Å². The van der Waals surface area contributed by atoms with Crippen molar-refractivity contribution >= 4 is 0 Å². The lowest BCUT2D eigenvalue weighted by molar-refractivity contribution is -0.0865.